The summed E-state index contributed by atoms with van der Waals surface area (Å²) in [5, 5.41) is 0.366. The van der Waals surface area contributed by atoms with E-state index in [9.17, 15) is 0 Å². The number of nitrogens with two attached hydrogens (primary N) is 1. The second-order valence-electron chi connectivity index (χ2n) is 5.27. The average molecular weight is 278 g/mol. The number of ether oxygens (including phenoxy) is 1. The van der Waals surface area contributed by atoms with Crippen LogP contribution in [0.2, 0.25) is 5.15 Å². The summed E-state index contributed by atoms with van der Waals surface area (Å²) in [5.74, 6) is 1.73. The molecule has 0 atom stereocenters. The number of hydrogen-bond acceptors (Lipinski definition) is 4. The van der Waals surface area contributed by atoms with Crippen molar-refractivity contribution in [2.24, 2.45) is 0 Å². The van der Waals surface area contributed by atoms with Gasteiger partial charge in [0.1, 0.15) is 16.7 Å². The molecule has 0 spiro atoms. The van der Waals surface area contributed by atoms with Gasteiger partial charge in [0.25, 0.3) is 0 Å². The van der Waals surface area contributed by atoms with Gasteiger partial charge in [0.05, 0.1) is 0 Å². The standard InChI is InChI=1S/C14H16ClN3O/c1-14(2,3)13-17-11(15)8-12(18-13)19-10-6-4-9(16)5-7-10/h4-8H,16H2,1-3H3. The highest BCUT2D eigenvalue weighted by Crippen LogP contribution is 2.26. The lowest BCUT2D eigenvalue weighted by atomic mass is 9.96. The fourth-order valence-corrected chi connectivity index (χ4v) is 1.61. The minimum atomic E-state index is -0.190. The molecule has 0 aliphatic carbocycles. The van der Waals surface area contributed by atoms with E-state index < -0.39 is 0 Å². The summed E-state index contributed by atoms with van der Waals surface area (Å²) < 4.78 is 5.66. The van der Waals surface area contributed by atoms with E-state index in [-0.39, 0.29) is 5.41 Å². The minimum Gasteiger partial charge on any atom is -0.439 e. The van der Waals surface area contributed by atoms with Gasteiger partial charge in [-0.25, -0.2) is 4.98 Å². The van der Waals surface area contributed by atoms with Crippen LogP contribution in [0.5, 0.6) is 11.6 Å². The molecule has 4 nitrogen and oxygen atoms in total. The summed E-state index contributed by atoms with van der Waals surface area (Å²) in [6.07, 6.45) is 0. The van der Waals surface area contributed by atoms with Gasteiger partial charge in [0.15, 0.2) is 0 Å². The molecule has 2 aromatic rings. The molecular weight excluding hydrogens is 262 g/mol. The predicted molar refractivity (Wildman–Crippen MR) is 76.7 cm³/mol. The molecule has 0 saturated heterocycles. The van der Waals surface area contributed by atoms with Crippen molar-refractivity contribution in [2.45, 2.75) is 26.2 Å². The molecule has 0 saturated carbocycles. The van der Waals surface area contributed by atoms with Crippen LogP contribution in [0.15, 0.2) is 30.3 Å². The summed E-state index contributed by atoms with van der Waals surface area (Å²) in [5.41, 5.74) is 6.12. The van der Waals surface area contributed by atoms with Gasteiger partial charge in [-0.15, -0.1) is 0 Å². The highest BCUT2D eigenvalue weighted by Gasteiger charge is 2.19. The number of nitrogen functional groups attached to an aromatic ring is 1. The molecular formula is C14H16ClN3O. The van der Waals surface area contributed by atoms with Gasteiger partial charge in [-0.05, 0) is 24.3 Å². The van der Waals surface area contributed by atoms with E-state index in [4.69, 9.17) is 22.1 Å². The van der Waals surface area contributed by atoms with Crippen molar-refractivity contribution < 1.29 is 4.74 Å². The van der Waals surface area contributed by atoms with Crippen molar-refractivity contribution in [1.82, 2.24) is 9.97 Å². The van der Waals surface area contributed by atoms with Crippen molar-refractivity contribution in [2.75, 3.05) is 5.73 Å². The lowest BCUT2D eigenvalue weighted by molar-refractivity contribution is 0.446. The molecule has 0 bridgehead atoms. The molecule has 0 amide bonds. The summed E-state index contributed by atoms with van der Waals surface area (Å²) >= 11 is 6.00. The van der Waals surface area contributed by atoms with Crippen LogP contribution in [0.3, 0.4) is 0 Å². The molecule has 1 aromatic heterocycles. The third kappa shape index (κ3) is 3.58. The Kier molecular flexibility index (Phi) is 3.62. The molecule has 1 aromatic carbocycles. The van der Waals surface area contributed by atoms with Gasteiger partial charge in [-0.3, -0.25) is 0 Å². The van der Waals surface area contributed by atoms with Gasteiger partial charge in [0.2, 0.25) is 5.88 Å². The number of anilines is 1. The molecule has 0 aliphatic heterocycles. The average Bonchev–Trinajstić information content (AvgIpc) is 2.30. The third-order valence-corrected chi connectivity index (χ3v) is 2.64. The predicted octanol–water partition coefficient (Wildman–Crippen LogP) is 3.80. The Labute approximate surface area is 117 Å². The Morgan fingerprint density at radius 1 is 1.11 bits per heavy atom. The SMILES string of the molecule is CC(C)(C)c1nc(Cl)cc(Oc2ccc(N)cc2)n1. The first-order chi connectivity index (χ1) is 8.84. The number of hydrogen-bond donors (Lipinski definition) is 1. The normalized spacial score (nSPS) is 11.4. The van der Waals surface area contributed by atoms with Gasteiger partial charge in [-0.2, -0.15) is 4.98 Å². The van der Waals surface area contributed by atoms with Crippen LogP contribution in [0.25, 0.3) is 0 Å². The Morgan fingerprint density at radius 2 is 1.74 bits per heavy atom. The topological polar surface area (TPSA) is 61.0 Å². The second kappa shape index (κ2) is 5.05. The van der Waals surface area contributed by atoms with Crippen molar-refractivity contribution in [3.05, 3.63) is 41.3 Å². The maximum absolute atomic E-state index is 6.00. The largest absolute Gasteiger partial charge is 0.439 e. The van der Waals surface area contributed by atoms with Crippen LogP contribution >= 0.6 is 11.6 Å². The number of aromatic nitrogens is 2. The van der Waals surface area contributed by atoms with Crippen LogP contribution in [0.1, 0.15) is 26.6 Å². The lowest BCUT2D eigenvalue weighted by Crippen LogP contribution is -2.16. The van der Waals surface area contributed by atoms with Crippen LogP contribution in [0.4, 0.5) is 5.69 Å². The first-order valence-corrected chi connectivity index (χ1v) is 6.31. The highest BCUT2D eigenvalue weighted by atomic mass is 35.5. The first kappa shape index (κ1) is 13.6. The highest BCUT2D eigenvalue weighted by molar-refractivity contribution is 6.29. The fourth-order valence-electron chi connectivity index (χ4n) is 1.44. The molecule has 19 heavy (non-hydrogen) atoms. The Hall–Kier alpha value is -1.81. The number of benzene rings is 1. The van der Waals surface area contributed by atoms with E-state index in [0.29, 0.717) is 28.3 Å². The molecule has 1 heterocycles. The number of nitrogens with zero attached hydrogens (tertiary/aromatic N) is 2. The molecule has 0 radical (unpaired) electrons. The summed E-state index contributed by atoms with van der Waals surface area (Å²) in [6.45, 7) is 6.06. The van der Waals surface area contributed by atoms with Gasteiger partial charge >= 0.3 is 0 Å². The zero-order valence-electron chi connectivity index (χ0n) is 11.1. The lowest BCUT2D eigenvalue weighted by Gasteiger charge is -2.17. The second-order valence-corrected chi connectivity index (χ2v) is 5.66. The molecule has 100 valence electrons. The van der Waals surface area contributed by atoms with Crippen LogP contribution < -0.4 is 10.5 Å². The third-order valence-electron chi connectivity index (χ3n) is 2.44. The maximum atomic E-state index is 6.00. The smallest absolute Gasteiger partial charge is 0.224 e. The van der Waals surface area contributed by atoms with E-state index in [2.05, 4.69) is 9.97 Å². The maximum Gasteiger partial charge on any atom is 0.224 e. The van der Waals surface area contributed by atoms with Crippen LogP contribution in [0, 0.1) is 0 Å². The van der Waals surface area contributed by atoms with Crippen LogP contribution in [-0.2, 0) is 5.41 Å². The van der Waals surface area contributed by atoms with E-state index >= 15 is 0 Å². The summed E-state index contributed by atoms with van der Waals surface area (Å²) in [7, 11) is 0. The fraction of sp³-hybridized carbons (Fsp3) is 0.286. The Bertz CT molecular complexity index is 576. The van der Waals surface area contributed by atoms with E-state index in [0.717, 1.165) is 0 Å². The summed E-state index contributed by atoms with van der Waals surface area (Å²) in [4.78, 5) is 8.59. The monoisotopic (exact) mass is 277 g/mol. The molecule has 0 aliphatic rings. The Balaban J connectivity index is 2.30. The van der Waals surface area contributed by atoms with E-state index in [1.165, 1.54) is 0 Å². The molecule has 0 unspecified atom stereocenters. The minimum absolute atomic E-state index is 0.190. The van der Waals surface area contributed by atoms with Gasteiger partial charge in [0, 0.05) is 17.2 Å². The molecule has 0 fully saturated rings. The summed E-state index contributed by atoms with van der Waals surface area (Å²) in [6, 6.07) is 8.68. The van der Waals surface area contributed by atoms with E-state index in [1.54, 1.807) is 30.3 Å². The van der Waals surface area contributed by atoms with Crippen molar-refractivity contribution in [1.29, 1.82) is 0 Å². The Morgan fingerprint density at radius 3 is 2.32 bits per heavy atom. The first-order valence-electron chi connectivity index (χ1n) is 5.93. The molecule has 2 N–H and O–H groups in total. The van der Waals surface area contributed by atoms with Crippen molar-refractivity contribution in [3.63, 3.8) is 0 Å². The van der Waals surface area contributed by atoms with Crippen molar-refractivity contribution >= 4 is 17.3 Å². The van der Waals surface area contributed by atoms with Crippen LogP contribution in [-0.4, -0.2) is 9.97 Å². The van der Waals surface area contributed by atoms with Gasteiger partial charge in [-0.1, -0.05) is 32.4 Å². The molecule has 5 heteroatoms. The molecule has 2 rings (SSSR count). The quantitative estimate of drug-likeness (QED) is 0.670. The van der Waals surface area contributed by atoms with E-state index in [1.807, 2.05) is 20.8 Å². The van der Waals surface area contributed by atoms with Crippen molar-refractivity contribution in [3.8, 4) is 11.6 Å². The van der Waals surface area contributed by atoms with Gasteiger partial charge < -0.3 is 10.5 Å². The number of halogens is 1. The number of rotatable bonds is 2. The zero-order chi connectivity index (χ0) is 14.0. The zero-order valence-corrected chi connectivity index (χ0v) is 11.9.